The zero-order chi connectivity index (χ0) is 12.1. The van der Waals surface area contributed by atoms with Crippen LogP contribution < -0.4 is 0 Å². The summed E-state index contributed by atoms with van der Waals surface area (Å²) in [7, 11) is 3.59. The molecule has 0 unspecified atom stereocenters. The highest BCUT2D eigenvalue weighted by Gasteiger charge is 2.12. The number of benzene rings is 1. The fourth-order valence-electron chi connectivity index (χ4n) is 1.36. The molecule has 2 amide bonds. The van der Waals surface area contributed by atoms with Gasteiger partial charge in [-0.15, -0.1) is 0 Å². The second-order valence-corrected chi connectivity index (χ2v) is 4.22. The molecule has 0 atom stereocenters. The molecule has 0 fully saturated rings. The maximum absolute atomic E-state index is 11.8. The molecule has 0 spiro atoms. The van der Waals surface area contributed by atoms with E-state index in [2.05, 4.69) is 0 Å². The van der Waals surface area contributed by atoms with Crippen molar-refractivity contribution in [2.75, 3.05) is 20.6 Å². The van der Waals surface area contributed by atoms with Gasteiger partial charge in [-0.1, -0.05) is 23.7 Å². The van der Waals surface area contributed by atoms with E-state index in [1.54, 1.807) is 23.9 Å². The Balaban J connectivity index is 2.60. The van der Waals surface area contributed by atoms with E-state index in [1.165, 1.54) is 0 Å². The predicted molar refractivity (Wildman–Crippen MR) is 66.6 cm³/mol. The summed E-state index contributed by atoms with van der Waals surface area (Å²) in [6.07, 6.45) is 0. The lowest BCUT2D eigenvalue weighted by molar-refractivity contribution is 0.173. The van der Waals surface area contributed by atoms with Crippen LogP contribution >= 0.6 is 11.6 Å². The number of hydrogen-bond donors (Lipinski definition) is 0. The van der Waals surface area contributed by atoms with Gasteiger partial charge in [0.05, 0.1) is 0 Å². The van der Waals surface area contributed by atoms with Crippen molar-refractivity contribution in [2.45, 2.75) is 13.5 Å². The predicted octanol–water partition coefficient (Wildman–Crippen LogP) is 2.84. The van der Waals surface area contributed by atoms with Crippen molar-refractivity contribution in [1.29, 1.82) is 0 Å². The highest BCUT2D eigenvalue weighted by atomic mass is 35.5. The summed E-state index contributed by atoms with van der Waals surface area (Å²) in [4.78, 5) is 15.1. The summed E-state index contributed by atoms with van der Waals surface area (Å²) in [5, 5.41) is 0.711. The van der Waals surface area contributed by atoms with Crippen LogP contribution in [0.25, 0.3) is 0 Å². The summed E-state index contributed by atoms with van der Waals surface area (Å²) >= 11 is 5.79. The van der Waals surface area contributed by atoms with Crippen molar-refractivity contribution in [2.24, 2.45) is 0 Å². The molecule has 0 saturated carbocycles. The van der Waals surface area contributed by atoms with Crippen molar-refractivity contribution in [1.82, 2.24) is 9.80 Å². The lowest BCUT2D eigenvalue weighted by Crippen LogP contribution is -2.38. The lowest BCUT2D eigenvalue weighted by atomic mass is 10.2. The van der Waals surface area contributed by atoms with Gasteiger partial charge in [-0.3, -0.25) is 0 Å². The SMILES string of the molecule is CCN(C)C(=O)N(C)Cc1ccc(Cl)cc1. The fraction of sp³-hybridized carbons (Fsp3) is 0.417. The second-order valence-electron chi connectivity index (χ2n) is 3.78. The molecule has 0 bridgehead atoms. The third kappa shape index (κ3) is 3.42. The van der Waals surface area contributed by atoms with E-state index < -0.39 is 0 Å². The minimum Gasteiger partial charge on any atom is -0.328 e. The van der Waals surface area contributed by atoms with Crippen molar-refractivity contribution in [3.63, 3.8) is 0 Å². The zero-order valence-electron chi connectivity index (χ0n) is 9.90. The molecule has 16 heavy (non-hydrogen) atoms. The van der Waals surface area contributed by atoms with Crippen molar-refractivity contribution in [3.8, 4) is 0 Å². The highest BCUT2D eigenvalue weighted by Crippen LogP contribution is 2.11. The Kier molecular flexibility index (Phi) is 4.62. The Hall–Kier alpha value is -1.22. The Morgan fingerprint density at radius 3 is 2.25 bits per heavy atom. The van der Waals surface area contributed by atoms with E-state index in [-0.39, 0.29) is 6.03 Å². The van der Waals surface area contributed by atoms with Crippen molar-refractivity contribution < 1.29 is 4.79 Å². The number of carbonyl (C=O) groups is 1. The number of amides is 2. The molecule has 0 aromatic heterocycles. The van der Waals surface area contributed by atoms with E-state index in [9.17, 15) is 4.79 Å². The maximum atomic E-state index is 11.8. The number of hydrogen-bond acceptors (Lipinski definition) is 1. The average molecular weight is 241 g/mol. The molecule has 0 aliphatic rings. The van der Waals surface area contributed by atoms with E-state index in [4.69, 9.17) is 11.6 Å². The third-order valence-corrected chi connectivity index (χ3v) is 2.71. The third-order valence-electron chi connectivity index (χ3n) is 2.46. The maximum Gasteiger partial charge on any atom is 0.319 e. The molecule has 4 heteroatoms. The highest BCUT2D eigenvalue weighted by molar-refractivity contribution is 6.30. The topological polar surface area (TPSA) is 23.6 Å². The summed E-state index contributed by atoms with van der Waals surface area (Å²) in [5.74, 6) is 0. The van der Waals surface area contributed by atoms with Crippen LogP contribution in [0.1, 0.15) is 12.5 Å². The van der Waals surface area contributed by atoms with Gasteiger partial charge in [0.1, 0.15) is 0 Å². The lowest BCUT2D eigenvalue weighted by Gasteiger charge is -2.23. The number of rotatable bonds is 3. The first-order chi connectivity index (χ1) is 7.54. The van der Waals surface area contributed by atoms with Gasteiger partial charge in [0, 0.05) is 32.2 Å². The molecule has 0 aliphatic carbocycles. The van der Waals surface area contributed by atoms with Gasteiger partial charge in [0.2, 0.25) is 0 Å². The standard InChI is InChI=1S/C12H17ClN2O/c1-4-14(2)12(16)15(3)9-10-5-7-11(13)8-6-10/h5-8H,4,9H2,1-3H3. The first kappa shape index (κ1) is 12.8. The summed E-state index contributed by atoms with van der Waals surface area (Å²) < 4.78 is 0. The first-order valence-electron chi connectivity index (χ1n) is 5.25. The van der Waals surface area contributed by atoms with Gasteiger partial charge in [-0.2, -0.15) is 0 Å². The molecule has 0 aliphatic heterocycles. The van der Waals surface area contributed by atoms with E-state index in [1.807, 2.05) is 31.2 Å². The normalized spacial score (nSPS) is 10.0. The Morgan fingerprint density at radius 2 is 1.75 bits per heavy atom. The van der Waals surface area contributed by atoms with Crippen LogP contribution in [-0.4, -0.2) is 36.5 Å². The van der Waals surface area contributed by atoms with Crippen molar-refractivity contribution >= 4 is 17.6 Å². The van der Waals surface area contributed by atoms with Crippen LogP contribution in [0.15, 0.2) is 24.3 Å². The Labute approximate surface area is 102 Å². The second kappa shape index (κ2) is 5.75. The quantitative estimate of drug-likeness (QED) is 0.797. The van der Waals surface area contributed by atoms with E-state index in [0.29, 0.717) is 18.1 Å². The molecule has 1 rings (SSSR count). The van der Waals surface area contributed by atoms with Gasteiger partial charge in [0.25, 0.3) is 0 Å². The molecule has 88 valence electrons. The van der Waals surface area contributed by atoms with Gasteiger partial charge in [0.15, 0.2) is 0 Å². The van der Waals surface area contributed by atoms with Crippen LogP contribution in [0.5, 0.6) is 0 Å². The molecule has 1 aromatic carbocycles. The Bertz CT molecular complexity index is 351. The average Bonchev–Trinajstić information content (AvgIpc) is 2.30. The number of halogens is 1. The van der Waals surface area contributed by atoms with Gasteiger partial charge < -0.3 is 9.80 Å². The molecule has 1 aromatic rings. The zero-order valence-corrected chi connectivity index (χ0v) is 10.7. The molecular formula is C12H17ClN2O. The minimum absolute atomic E-state index is 0.0254. The Morgan fingerprint density at radius 1 is 1.19 bits per heavy atom. The van der Waals surface area contributed by atoms with Gasteiger partial charge >= 0.3 is 6.03 Å². The number of carbonyl (C=O) groups excluding carboxylic acids is 1. The number of urea groups is 1. The molecule has 0 radical (unpaired) electrons. The van der Waals surface area contributed by atoms with E-state index >= 15 is 0 Å². The molecular weight excluding hydrogens is 224 g/mol. The number of nitrogens with zero attached hydrogens (tertiary/aromatic N) is 2. The monoisotopic (exact) mass is 240 g/mol. The summed E-state index contributed by atoms with van der Waals surface area (Å²) in [6, 6.07) is 7.55. The summed E-state index contributed by atoms with van der Waals surface area (Å²) in [5.41, 5.74) is 1.07. The van der Waals surface area contributed by atoms with Gasteiger partial charge in [-0.05, 0) is 24.6 Å². The molecule has 0 N–H and O–H groups in total. The van der Waals surface area contributed by atoms with Crippen LogP contribution in [0.2, 0.25) is 5.02 Å². The van der Waals surface area contributed by atoms with Crippen LogP contribution in [0.4, 0.5) is 4.79 Å². The van der Waals surface area contributed by atoms with E-state index in [0.717, 1.165) is 5.56 Å². The van der Waals surface area contributed by atoms with Crippen LogP contribution in [-0.2, 0) is 6.54 Å². The smallest absolute Gasteiger partial charge is 0.319 e. The van der Waals surface area contributed by atoms with Crippen LogP contribution in [0, 0.1) is 0 Å². The summed E-state index contributed by atoms with van der Waals surface area (Å²) in [6.45, 7) is 3.26. The minimum atomic E-state index is 0.0254. The van der Waals surface area contributed by atoms with Crippen LogP contribution in [0.3, 0.4) is 0 Å². The molecule has 3 nitrogen and oxygen atoms in total. The molecule has 0 saturated heterocycles. The fourth-order valence-corrected chi connectivity index (χ4v) is 1.48. The van der Waals surface area contributed by atoms with Gasteiger partial charge in [-0.25, -0.2) is 4.79 Å². The first-order valence-corrected chi connectivity index (χ1v) is 5.63. The molecule has 0 heterocycles. The van der Waals surface area contributed by atoms with Crippen molar-refractivity contribution in [3.05, 3.63) is 34.9 Å². The largest absolute Gasteiger partial charge is 0.328 e.